The molecule has 1 heterocycles. The van der Waals surface area contributed by atoms with Crippen molar-refractivity contribution < 1.29 is 24.9 Å². The van der Waals surface area contributed by atoms with E-state index in [0.717, 1.165) is 74.7 Å². The number of rotatable bonds is 17. The Morgan fingerprint density at radius 1 is 0.603 bits per heavy atom. The molecule has 1 aliphatic heterocycles. The van der Waals surface area contributed by atoms with Crippen molar-refractivity contribution in [3.05, 3.63) is 128 Å². The topological polar surface area (TPSA) is 99.0 Å². The van der Waals surface area contributed by atoms with Gasteiger partial charge in [0.05, 0.1) is 18.2 Å². The number of phenolic OH excluding ortho intramolecular Hbond substituents is 1. The largest absolute Gasteiger partial charge is 0.508 e. The van der Waals surface area contributed by atoms with Crippen LogP contribution >= 0.6 is 0 Å². The molecule has 2 unspecified atom stereocenters. The van der Waals surface area contributed by atoms with Crippen LogP contribution in [0.1, 0.15) is 176 Å². The van der Waals surface area contributed by atoms with Crippen molar-refractivity contribution >= 4 is 5.91 Å². The molecule has 0 aromatic heterocycles. The van der Waals surface area contributed by atoms with Crippen LogP contribution < -0.4 is 10.1 Å². The molecule has 6 nitrogen and oxygen atoms in total. The first-order chi connectivity index (χ1) is 29.5. The monoisotopic (exact) mass is 862 g/mol. The first-order valence-corrected chi connectivity index (χ1v) is 23.9. The van der Waals surface area contributed by atoms with Gasteiger partial charge in [-0.2, -0.15) is 0 Å². The van der Waals surface area contributed by atoms with E-state index in [1.54, 1.807) is 0 Å². The number of hydrogen-bond acceptors (Lipinski definition) is 5. The molecule has 0 bridgehead atoms. The molecule has 346 valence electrons. The second-order valence-electron chi connectivity index (χ2n) is 20.8. The highest BCUT2D eigenvalue weighted by atomic mass is 16.5. The summed E-state index contributed by atoms with van der Waals surface area (Å²) in [7, 11) is 0. The highest BCUT2D eigenvalue weighted by molar-refractivity contribution is 5.78. The number of benzene rings is 4. The van der Waals surface area contributed by atoms with Crippen LogP contribution in [0.5, 0.6) is 11.5 Å². The van der Waals surface area contributed by atoms with Gasteiger partial charge in [-0.05, 0) is 164 Å². The molecule has 4 aromatic carbocycles. The summed E-state index contributed by atoms with van der Waals surface area (Å²) in [5.41, 5.74) is 12.3. The molecule has 3 atom stereocenters. The third kappa shape index (κ3) is 12.6. The van der Waals surface area contributed by atoms with Gasteiger partial charge in [-0.1, -0.05) is 130 Å². The Hall–Kier alpha value is -4.13. The number of carbonyl (C=O) groups excluding carboxylic acids is 1. The maximum atomic E-state index is 11.5. The van der Waals surface area contributed by atoms with Crippen molar-refractivity contribution in [2.45, 2.75) is 190 Å². The quantitative estimate of drug-likeness (QED) is 0.0847. The molecule has 6 heteroatoms. The van der Waals surface area contributed by atoms with Gasteiger partial charge in [0.2, 0.25) is 5.91 Å². The number of ether oxygens (including phenoxy) is 1. The lowest BCUT2D eigenvalue weighted by molar-refractivity contribution is -0.119. The zero-order valence-corrected chi connectivity index (χ0v) is 41.6. The molecule has 4 N–H and O–H groups in total. The SMILES string of the molecule is CCC(CC)(c1ccc(CCC(O)C(C)(C)C)c(C)c1)c1ccc(OC[C@@H]2CCC(=O)N2)c(C)c1.CCC(CC)(c1ccc(O)c(C)c1)c1ccc(CCC(O)C(C)(C)C)c(C)c1. The minimum atomic E-state index is -0.305. The number of aryl methyl sites for hydroxylation is 6. The lowest BCUT2D eigenvalue weighted by Gasteiger charge is -2.34. The van der Waals surface area contributed by atoms with Crippen LogP contribution in [-0.4, -0.2) is 46.1 Å². The fourth-order valence-electron chi connectivity index (χ4n) is 9.52. The van der Waals surface area contributed by atoms with Crippen LogP contribution in [0.3, 0.4) is 0 Å². The Bertz CT molecular complexity index is 2110. The van der Waals surface area contributed by atoms with E-state index in [1.165, 1.54) is 44.5 Å². The van der Waals surface area contributed by atoms with Crippen LogP contribution in [0.15, 0.2) is 72.8 Å². The number of aromatic hydroxyl groups is 1. The average Bonchev–Trinajstić information content (AvgIpc) is 3.66. The molecule has 1 amide bonds. The van der Waals surface area contributed by atoms with Crippen molar-refractivity contribution in [2.75, 3.05) is 6.61 Å². The molecule has 0 spiro atoms. The van der Waals surface area contributed by atoms with Gasteiger partial charge in [-0.25, -0.2) is 0 Å². The molecule has 1 aliphatic rings. The molecule has 63 heavy (non-hydrogen) atoms. The second-order valence-corrected chi connectivity index (χ2v) is 20.8. The van der Waals surface area contributed by atoms with Crippen molar-refractivity contribution in [2.24, 2.45) is 10.8 Å². The summed E-state index contributed by atoms with van der Waals surface area (Å²) >= 11 is 0. The lowest BCUT2D eigenvalue weighted by atomic mass is 9.69. The molecule has 4 aromatic rings. The van der Waals surface area contributed by atoms with Gasteiger partial charge in [-0.3, -0.25) is 4.79 Å². The third-order valence-corrected chi connectivity index (χ3v) is 14.6. The minimum absolute atomic E-state index is 0.0489. The molecule has 0 radical (unpaired) electrons. The van der Waals surface area contributed by atoms with E-state index in [0.29, 0.717) is 18.8 Å². The summed E-state index contributed by atoms with van der Waals surface area (Å²) in [5, 5.41) is 33.8. The summed E-state index contributed by atoms with van der Waals surface area (Å²) in [6.45, 7) is 30.5. The van der Waals surface area contributed by atoms with E-state index in [1.807, 2.05) is 13.0 Å². The van der Waals surface area contributed by atoms with Gasteiger partial charge in [0, 0.05) is 17.3 Å². The summed E-state index contributed by atoms with van der Waals surface area (Å²) in [6, 6.07) is 26.5. The van der Waals surface area contributed by atoms with Crippen molar-refractivity contribution in [1.29, 1.82) is 0 Å². The normalized spacial score (nSPS) is 15.7. The van der Waals surface area contributed by atoms with Crippen LogP contribution in [0.2, 0.25) is 0 Å². The van der Waals surface area contributed by atoms with E-state index in [2.05, 4.69) is 162 Å². The molecule has 1 fully saturated rings. The van der Waals surface area contributed by atoms with Gasteiger partial charge in [0.1, 0.15) is 18.1 Å². The van der Waals surface area contributed by atoms with Gasteiger partial charge in [0.15, 0.2) is 0 Å². The zero-order valence-electron chi connectivity index (χ0n) is 41.6. The van der Waals surface area contributed by atoms with Crippen molar-refractivity contribution in [3.63, 3.8) is 0 Å². The van der Waals surface area contributed by atoms with E-state index in [-0.39, 0.29) is 45.8 Å². The van der Waals surface area contributed by atoms with Crippen LogP contribution in [0.4, 0.5) is 0 Å². The predicted molar refractivity (Wildman–Crippen MR) is 263 cm³/mol. The fraction of sp³-hybridized carbons (Fsp3) is 0.561. The van der Waals surface area contributed by atoms with Crippen LogP contribution in [0.25, 0.3) is 0 Å². The maximum Gasteiger partial charge on any atom is 0.220 e. The molecular formula is C57H83NO5. The van der Waals surface area contributed by atoms with Crippen molar-refractivity contribution in [3.8, 4) is 11.5 Å². The molecule has 0 aliphatic carbocycles. The highest BCUT2D eigenvalue weighted by Crippen LogP contribution is 2.43. The molecule has 1 saturated heterocycles. The predicted octanol–water partition coefficient (Wildman–Crippen LogP) is 12.9. The Morgan fingerprint density at radius 3 is 1.35 bits per heavy atom. The first-order valence-electron chi connectivity index (χ1n) is 23.9. The lowest BCUT2D eigenvalue weighted by Crippen LogP contribution is -2.31. The van der Waals surface area contributed by atoms with Gasteiger partial charge in [0.25, 0.3) is 0 Å². The second kappa shape index (κ2) is 21.7. The molecule has 0 saturated carbocycles. The summed E-state index contributed by atoms with van der Waals surface area (Å²) in [4.78, 5) is 11.5. The third-order valence-electron chi connectivity index (χ3n) is 14.6. The first kappa shape index (κ1) is 51.5. The smallest absolute Gasteiger partial charge is 0.220 e. The van der Waals surface area contributed by atoms with Crippen LogP contribution in [0, 0.1) is 38.5 Å². The van der Waals surface area contributed by atoms with Gasteiger partial charge >= 0.3 is 0 Å². The number of amides is 1. The number of aliphatic hydroxyl groups is 2. The number of hydrogen-bond donors (Lipinski definition) is 4. The maximum absolute atomic E-state index is 11.5. The van der Waals surface area contributed by atoms with E-state index in [9.17, 15) is 20.1 Å². The Kier molecular flexibility index (Phi) is 17.7. The van der Waals surface area contributed by atoms with Gasteiger partial charge < -0.3 is 25.4 Å². The number of aliphatic hydroxyl groups excluding tert-OH is 2. The fourth-order valence-corrected chi connectivity index (χ4v) is 9.52. The Morgan fingerprint density at radius 2 is 1.00 bits per heavy atom. The zero-order chi connectivity index (χ0) is 46.9. The van der Waals surface area contributed by atoms with E-state index >= 15 is 0 Å². The summed E-state index contributed by atoms with van der Waals surface area (Å²) < 4.78 is 6.08. The molecule has 5 rings (SSSR count). The van der Waals surface area contributed by atoms with Gasteiger partial charge in [-0.15, -0.1) is 0 Å². The van der Waals surface area contributed by atoms with E-state index in [4.69, 9.17) is 4.74 Å². The average molecular weight is 862 g/mol. The Labute approximate surface area is 382 Å². The number of phenols is 1. The molecular weight excluding hydrogens is 779 g/mol. The standard InChI is InChI=1S/C31H45NO3.C26H38O2/c1-8-31(9-2,24-12-10-23(21(3)18-24)11-16-28(33)30(5,6)7)25-13-15-27(22(4)19-25)35-20-26-14-17-29(34)32-26;1-8-26(9-2,22-13-14-23(27)19(4)17-22)21-12-10-20(18(3)16-21)11-15-24(28)25(5,6)7/h10,12-13,15,18-19,26,28,33H,8-9,11,14,16-17,20H2,1-7H3,(H,32,34);10,12-14,16-17,24,27-28H,8-9,11,15H2,1-7H3/t26-,28?;/m0./s1. The highest BCUT2D eigenvalue weighted by Gasteiger charge is 2.33. The van der Waals surface area contributed by atoms with E-state index < -0.39 is 0 Å². The summed E-state index contributed by atoms with van der Waals surface area (Å²) in [6.07, 6.45) is 8.23. The summed E-state index contributed by atoms with van der Waals surface area (Å²) in [5.74, 6) is 1.36. The van der Waals surface area contributed by atoms with Crippen molar-refractivity contribution in [1.82, 2.24) is 5.32 Å². The number of nitrogens with one attached hydrogen (secondary N) is 1. The minimum Gasteiger partial charge on any atom is -0.508 e. The van der Waals surface area contributed by atoms with Crippen LogP contribution in [-0.2, 0) is 28.5 Å². The Balaban J connectivity index is 0.000000284. The number of carbonyl (C=O) groups is 1.